The van der Waals surface area contributed by atoms with Crippen LogP contribution in [0.2, 0.25) is 0 Å². The third kappa shape index (κ3) is 4.58. The van der Waals surface area contributed by atoms with Crippen LogP contribution in [0.5, 0.6) is 5.75 Å². The number of amides is 1. The van der Waals surface area contributed by atoms with Crippen molar-refractivity contribution in [2.24, 2.45) is 0 Å². The average molecular weight is 469 g/mol. The van der Waals surface area contributed by atoms with E-state index in [1.807, 2.05) is 30.3 Å². The molecule has 0 radical (unpaired) electrons. The van der Waals surface area contributed by atoms with Crippen LogP contribution >= 0.6 is 0 Å². The molecule has 1 amide bonds. The minimum absolute atomic E-state index is 0.0266. The van der Waals surface area contributed by atoms with Gasteiger partial charge in [0.2, 0.25) is 5.91 Å². The van der Waals surface area contributed by atoms with E-state index < -0.39 is 20.5 Å². The number of nitrogens with one attached hydrogen (secondary N) is 1. The van der Waals surface area contributed by atoms with Crippen LogP contribution in [-0.2, 0) is 32.4 Å². The van der Waals surface area contributed by atoms with Crippen LogP contribution in [0.15, 0.2) is 54.6 Å². The quantitative estimate of drug-likeness (QED) is 0.400. The van der Waals surface area contributed by atoms with Crippen molar-refractivity contribution in [3.63, 3.8) is 0 Å². The predicted molar refractivity (Wildman–Crippen MR) is 126 cm³/mol. The lowest BCUT2D eigenvalue weighted by Gasteiger charge is -2.36. The number of hydroxylamine groups is 1. The Morgan fingerprint density at radius 3 is 2.61 bits per heavy atom. The van der Waals surface area contributed by atoms with Gasteiger partial charge in [0.1, 0.15) is 17.1 Å². The molecule has 2 heterocycles. The van der Waals surface area contributed by atoms with Crippen LogP contribution in [0.1, 0.15) is 49.4 Å². The minimum atomic E-state index is -3.56. The fourth-order valence-corrected chi connectivity index (χ4v) is 6.88. The van der Waals surface area contributed by atoms with Gasteiger partial charge in [0.15, 0.2) is 9.84 Å². The van der Waals surface area contributed by atoms with E-state index >= 15 is 0 Å². The van der Waals surface area contributed by atoms with E-state index in [1.165, 1.54) is 0 Å². The molecule has 1 aromatic heterocycles. The van der Waals surface area contributed by atoms with Crippen molar-refractivity contribution < 1.29 is 23.2 Å². The first-order chi connectivity index (χ1) is 15.9. The Morgan fingerprint density at radius 1 is 1.15 bits per heavy atom. The molecule has 0 aliphatic carbocycles. The number of benzene rings is 2. The van der Waals surface area contributed by atoms with Gasteiger partial charge in [-0.1, -0.05) is 43.7 Å². The lowest BCUT2D eigenvalue weighted by molar-refractivity contribution is -0.130. The summed E-state index contributed by atoms with van der Waals surface area (Å²) in [5, 5.41) is 10.0. The number of fused-ring (bicyclic) bond motifs is 1. The molecule has 1 fully saturated rings. The first-order valence-corrected chi connectivity index (χ1v) is 12.8. The summed E-state index contributed by atoms with van der Waals surface area (Å²) in [5.74, 6) is -0.0801. The Labute approximate surface area is 193 Å². The molecule has 33 heavy (non-hydrogen) atoms. The van der Waals surface area contributed by atoms with Crippen LogP contribution in [0.25, 0.3) is 10.9 Å². The maximum atomic E-state index is 13.0. The molecule has 1 aliphatic rings. The van der Waals surface area contributed by atoms with Gasteiger partial charge in [-0.3, -0.25) is 15.0 Å². The zero-order valence-corrected chi connectivity index (χ0v) is 19.4. The Bertz CT molecular complexity index is 1260. The molecule has 3 aromatic rings. The highest BCUT2D eigenvalue weighted by molar-refractivity contribution is 7.92. The van der Waals surface area contributed by atoms with Gasteiger partial charge < -0.3 is 4.74 Å². The SMILES string of the molecule is CCc1cc(COc2ccc(C3(CC(=O)NO)CCCCS3(=O)=O)cc2)c2ccccc2n1. The van der Waals surface area contributed by atoms with Crippen LogP contribution < -0.4 is 10.2 Å². The molecule has 0 spiro atoms. The van der Waals surface area contributed by atoms with Gasteiger partial charge in [-0.25, -0.2) is 13.9 Å². The lowest BCUT2D eigenvalue weighted by atomic mass is 9.88. The van der Waals surface area contributed by atoms with Crippen LogP contribution in [0.4, 0.5) is 0 Å². The molecule has 7 nitrogen and oxygen atoms in total. The van der Waals surface area contributed by atoms with Crippen LogP contribution in [0, 0.1) is 0 Å². The van der Waals surface area contributed by atoms with E-state index in [9.17, 15) is 13.2 Å². The third-order valence-corrected chi connectivity index (χ3v) is 9.00. The first kappa shape index (κ1) is 23.2. The summed E-state index contributed by atoms with van der Waals surface area (Å²) in [5.41, 5.74) is 5.09. The largest absolute Gasteiger partial charge is 0.489 e. The summed E-state index contributed by atoms with van der Waals surface area (Å²) < 4.78 is 30.8. The number of hydrogen-bond acceptors (Lipinski definition) is 6. The fourth-order valence-electron chi connectivity index (χ4n) is 4.60. The van der Waals surface area contributed by atoms with Gasteiger partial charge in [-0.2, -0.15) is 0 Å². The Balaban J connectivity index is 1.59. The van der Waals surface area contributed by atoms with Crippen molar-refractivity contribution in [2.75, 3.05) is 5.75 Å². The number of rotatable bonds is 7. The number of hydrogen-bond donors (Lipinski definition) is 2. The van der Waals surface area contributed by atoms with Crippen molar-refractivity contribution in [3.05, 3.63) is 71.4 Å². The smallest absolute Gasteiger partial charge is 0.245 e. The van der Waals surface area contributed by atoms with Gasteiger partial charge in [-0.15, -0.1) is 0 Å². The molecule has 4 rings (SSSR count). The average Bonchev–Trinajstić information content (AvgIpc) is 2.83. The number of ether oxygens (including phenoxy) is 1. The first-order valence-electron chi connectivity index (χ1n) is 11.1. The molecular weight excluding hydrogens is 440 g/mol. The molecule has 174 valence electrons. The molecule has 1 unspecified atom stereocenters. The van der Waals surface area contributed by atoms with Gasteiger partial charge in [0.25, 0.3) is 0 Å². The molecule has 8 heteroatoms. The molecule has 1 aliphatic heterocycles. The summed E-state index contributed by atoms with van der Waals surface area (Å²) in [7, 11) is -3.56. The van der Waals surface area contributed by atoms with Crippen molar-refractivity contribution >= 4 is 26.6 Å². The second-order valence-corrected chi connectivity index (χ2v) is 10.9. The number of pyridine rings is 1. The van der Waals surface area contributed by atoms with Gasteiger partial charge in [0, 0.05) is 16.6 Å². The van der Waals surface area contributed by atoms with E-state index in [-0.39, 0.29) is 12.2 Å². The summed E-state index contributed by atoms with van der Waals surface area (Å²) in [6.07, 6.45) is 2.13. The number of nitrogens with zero attached hydrogens (tertiary/aromatic N) is 1. The number of sulfone groups is 1. The van der Waals surface area contributed by atoms with Gasteiger partial charge in [-0.05, 0) is 49.1 Å². The second kappa shape index (κ2) is 9.49. The highest BCUT2D eigenvalue weighted by Crippen LogP contribution is 2.43. The monoisotopic (exact) mass is 468 g/mol. The maximum Gasteiger partial charge on any atom is 0.245 e. The topological polar surface area (TPSA) is 106 Å². The third-order valence-electron chi connectivity index (χ3n) is 6.40. The molecular formula is C25H28N2O5S. The Kier molecular flexibility index (Phi) is 6.67. The van der Waals surface area contributed by atoms with E-state index in [4.69, 9.17) is 9.94 Å². The number of aromatic nitrogens is 1. The summed E-state index contributed by atoms with van der Waals surface area (Å²) in [6, 6.07) is 16.9. The molecule has 1 saturated heterocycles. The van der Waals surface area contributed by atoms with Gasteiger partial charge in [0.05, 0.1) is 17.7 Å². The van der Waals surface area contributed by atoms with Crippen molar-refractivity contribution in [3.8, 4) is 5.75 Å². The van der Waals surface area contributed by atoms with E-state index in [0.717, 1.165) is 28.6 Å². The number of para-hydroxylation sites is 1. The highest BCUT2D eigenvalue weighted by Gasteiger charge is 2.48. The molecule has 0 saturated carbocycles. The minimum Gasteiger partial charge on any atom is -0.489 e. The summed E-state index contributed by atoms with van der Waals surface area (Å²) in [4.78, 5) is 16.6. The summed E-state index contributed by atoms with van der Waals surface area (Å²) >= 11 is 0. The van der Waals surface area contributed by atoms with E-state index in [1.54, 1.807) is 29.7 Å². The summed E-state index contributed by atoms with van der Waals surface area (Å²) in [6.45, 7) is 2.42. The number of carbonyl (C=O) groups excluding carboxylic acids is 1. The highest BCUT2D eigenvalue weighted by atomic mass is 32.2. The van der Waals surface area contributed by atoms with Crippen molar-refractivity contribution in [2.45, 2.75) is 50.4 Å². The predicted octanol–water partition coefficient (Wildman–Crippen LogP) is 4.07. The van der Waals surface area contributed by atoms with Crippen LogP contribution in [-0.4, -0.2) is 30.3 Å². The second-order valence-electron chi connectivity index (χ2n) is 8.44. The maximum absolute atomic E-state index is 13.0. The zero-order valence-electron chi connectivity index (χ0n) is 18.6. The van der Waals surface area contributed by atoms with E-state index in [0.29, 0.717) is 37.2 Å². The van der Waals surface area contributed by atoms with Crippen molar-refractivity contribution in [1.29, 1.82) is 0 Å². The molecule has 2 N–H and O–H groups in total. The Morgan fingerprint density at radius 2 is 1.91 bits per heavy atom. The number of aryl methyl sites for hydroxylation is 1. The molecule has 1 atom stereocenters. The molecule has 2 aromatic carbocycles. The molecule has 0 bridgehead atoms. The zero-order chi connectivity index (χ0) is 23.5. The number of carbonyl (C=O) groups is 1. The van der Waals surface area contributed by atoms with Crippen LogP contribution in [0.3, 0.4) is 0 Å². The lowest BCUT2D eigenvalue weighted by Crippen LogP contribution is -2.44. The Hall–Kier alpha value is -2.97. The van der Waals surface area contributed by atoms with Gasteiger partial charge >= 0.3 is 0 Å². The standard InChI is InChI=1S/C25H28N2O5S/c1-2-20-15-18(22-7-3-4-8-23(22)26-20)17-32-21-11-9-19(10-12-21)25(16-24(28)27-29)13-5-6-14-33(25,30)31/h3-4,7-12,15,29H,2,5-6,13-14,16-17H2,1H3,(H,27,28). The van der Waals surface area contributed by atoms with E-state index in [2.05, 4.69) is 11.9 Å². The fraction of sp³-hybridized carbons (Fsp3) is 0.360. The normalized spacial score (nSPS) is 19.8. The van der Waals surface area contributed by atoms with Crippen molar-refractivity contribution in [1.82, 2.24) is 10.5 Å².